The van der Waals surface area contributed by atoms with Gasteiger partial charge in [-0.25, -0.2) is 0 Å². The highest BCUT2D eigenvalue weighted by Crippen LogP contribution is 2.08. The molecule has 0 amide bonds. The lowest BCUT2D eigenvalue weighted by Gasteiger charge is -2.19. The predicted molar refractivity (Wildman–Crippen MR) is 53.2 cm³/mol. The lowest BCUT2D eigenvalue weighted by molar-refractivity contribution is -0.178. The molecule has 0 unspecified atom stereocenters. The third kappa shape index (κ3) is 22.5. The number of hydrogen-bond donors (Lipinski definition) is 0. The first-order valence-electron chi connectivity index (χ1n) is 4.22. The van der Waals surface area contributed by atoms with Crippen LogP contribution in [0, 0.1) is 5.41 Å². The topological polar surface area (TPSA) is 18.5 Å². The predicted octanol–water partition coefficient (Wildman–Crippen LogP) is 3.07. The van der Waals surface area contributed by atoms with Gasteiger partial charge in [-0.15, -0.1) is 0 Å². The Bertz CT molecular complexity index is 88.9. The Morgan fingerprint density at radius 3 is 0.833 bits per heavy atom. The Labute approximate surface area is 77.3 Å². The monoisotopic (exact) mass is 176 g/mol. The summed E-state index contributed by atoms with van der Waals surface area (Å²) in [5.41, 5.74) is 0.500. The molecular formula is C10H24O2. The molecule has 0 aliphatic rings. The second-order valence-corrected chi connectivity index (χ2v) is 4.81. The summed E-state index contributed by atoms with van der Waals surface area (Å²) >= 11 is 0. The fraction of sp³-hybridized carbons (Fsp3) is 1.00. The quantitative estimate of drug-likeness (QED) is 0.602. The smallest absolute Gasteiger partial charge is 0.161 e. The Kier molecular flexibility index (Phi) is 6.68. The zero-order chi connectivity index (χ0) is 10.4. The van der Waals surface area contributed by atoms with Crippen LogP contribution in [0.4, 0.5) is 0 Å². The van der Waals surface area contributed by atoms with Gasteiger partial charge in [0, 0.05) is 14.2 Å². The molecule has 0 atom stereocenters. The van der Waals surface area contributed by atoms with Gasteiger partial charge < -0.3 is 9.47 Å². The second kappa shape index (κ2) is 5.55. The van der Waals surface area contributed by atoms with Gasteiger partial charge in [-0.1, -0.05) is 27.7 Å². The third-order valence-electron chi connectivity index (χ3n) is 0.983. The van der Waals surface area contributed by atoms with Crippen molar-refractivity contribution in [3.8, 4) is 0 Å². The lowest BCUT2D eigenvalue weighted by Crippen LogP contribution is -2.24. The van der Waals surface area contributed by atoms with Crippen LogP contribution in [-0.2, 0) is 9.47 Å². The van der Waals surface area contributed by atoms with Crippen molar-refractivity contribution < 1.29 is 9.47 Å². The van der Waals surface area contributed by atoms with Gasteiger partial charge in [-0.05, 0) is 19.3 Å². The molecule has 0 spiro atoms. The number of methoxy groups -OCH3 is 2. The highest BCUT2D eigenvalue weighted by atomic mass is 16.7. The Morgan fingerprint density at radius 1 is 0.667 bits per heavy atom. The van der Waals surface area contributed by atoms with Crippen molar-refractivity contribution in [2.45, 2.75) is 47.3 Å². The van der Waals surface area contributed by atoms with Gasteiger partial charge in [0.15, 0.2) is 5.79 Å². The zero-order valence-electron chi connectivity index (χ0n) is 9.82. The molecule has 12 heavy (non-hydrogen) atoms. The minimum Gasteiger partial charge on any atom is -0.354 e. The van der Waals surface area contributed by atoms with Gasteiger partial charge in [-0.3, -0.25) is 0 Å². The van der Waals surface area contributed by atoms with E-state index in [9.17, 15) is 0 Å². The fourth-order valence-electron chi connectivity index (χ4n) is 0.0833. The second-order valence-electron chi connectivity index (χ2n) is 4.81. The minimum absolute atomic E-state index is 0.417. The van der Waals surface area contributed by atoms with Crippen molar-refractivity contribution in [3.05, 3.63) is 0 Å². The van der Waals surface area contributed by atoms with Crippen LogP contribution in [0.3, 0.4) is 0 Å². The molecule has 0 aromatic heterocycles. The summed E-state index contributed by atoms with van der Waals surface area (Å²) < 4.78 is 9.73. The Balaban J connectivity index is 0. The molecular weight excluding hydrogens is 152 g/mol. The van der Waals surface area contributed by atoms with E-state index in [1.807, 2.05) is 13.8 Å². The molecule has 0 aromatic rings. The maximum absolute atomic E-state index is 4.86. The number of rotatable bonds is 2. The van der Waals surface area contributed by atoms with Crippen LogP contribution in [0.2, 0.25) is 0 Å². The molecule has 0 saturated heterocycles. The van der Waals surface area contributed by atoms with Crippen molar-refractivity contribution >= 4 is 0 Å². The summed E-state index contributed by atoms with van der Waals surface area (Å²) in [6, 6.07) is 0. The first kappa shape index (κ1) is 14.4. The number of hydrogen-bond acceptors (Lipinski definition) is 2. The molecule has 0 fully saturated rings. The van der Waals surface area contributed by atoms with Crippen LogP contribution in [0.25, 0.3) is 0 Å². The van der Waals surface area contributed by atoms with E-state index in [1.165, 1.54) is 0 Å². The molecule has 2 nitrogen and oxygen atoms in total. The molecule has 76 valence electrons. The maximum Gasteiger partial charge on any atom is 0.161 e. The minimum atomic E-state index is -0.417. The molecule has 0 bridgehead atoms. The molecule has 0 rings (SSSR count). The van der Waals surface area contributed by atoms with Crippen LogP contribution in [0.5, 0.6) is 0 Å². The molecule has 0 aliphatic carbocycles. The van der Waals surface area contributed by atoms with Crippen LogP contribution >= 0.6 is 0 Å². The fourth-order valence-corrected chi connectivity index (χ4v) is 0.0833. The summed E-state index contributed by atoms with van der Waals surface area (Å²) in [6.45, 7) is 12.5. The van der Waals surface area contributed by atoms with Crippen molar-refractivity contribution in [1.29, 1.82) is 0 Å². The average Bonchev–Trinajstić information content (AvgIpc) is 1.85. The van der Waals surface area contributed by atoms with Crippen molar-refractivity contribution in [3.63, 3.8) is 0 Å². The summed E-state index contributed by atoms with van der Waals surface area (Å²) in [5, 5.41) is 0. The summed E-state index contributed by atoms with van der Waals surface area (Å²) in [7, 11) is 3.23. The summed E-state index contributed by atoms with van der Waals surface area (Å²) in [4.78, 5) is 0. The Morgan fingerprint density at radius 2 is 0.833 bits per heavy atom. The van der Waals surface area contributed by atoms with Gasteiger partial charge in [-0.2, -0.15) is 0 Å². The van der Waals surface area contributed by atoms with Crippen molar-refractivity contribution in [1.82, 2.24) is 0 Å². The molecule has 0 heterocycles. The van der Waals surface area contributed by atoms with E-state index in [1.54, 1.807) is 14.2 Å². The SMILES string of the molecule is CC(C)(C)C.COC(C)(C)OC. The molecule has 0 radical (unpaired) electrons. The van der Waals surface area contributed by atoms with Crippen LogP contribution in [0.15, 0.2) is 0 Å². The van der Waals surface area contributed by atoms with E-state index < -0.39 is 5.79 Å². The van der Waals surface area contributed by atoms with E-state index in [-0.39, 0.29) is 0 Å². The van der Waals surface area contributed by atoms with Gasteiger partial charge in [0.1, 0.15) is 0 Å². The largest absolute Gasteiger partial charge is 0.354 e. The average molecular weight is 176 g/mol. The third-order valence-corrected chi connectivity index (χ3v) is 0.983. The van der Waals surface area contributed by atoms with Gasteiger partial charge in [0.25, 0.3) is 0 Å². The molecule has 0 aliphatic heterocycles. The molecule has 0 saturated carbocycles. The van der Waals surface area contributed by atoms with Gasteiger partial charge in [0.05, 0.1) is 0 Å². The van der Waals surface area contributed by atoms with Crippen molar-refractivity contribution in [2.24, 2.45) is 5.41 Å². The maximum atomic E-state index is 4.86. The van der Waals surface area contributed by atoms with E-state index in [0.29, 0.717) is 5.41 Å². The highest BCUT2D eigenvalue weighted by molar-refractivity contribution is 4.47. The van der Waals surface area contributed by atoms with Crippen LogP contribution in [-0.4, -0.2) is 20.0 Å². The van der Waals surface area contributed by atoms with Crippen LogP contribution < -0.4 is 0 Å². The van der Waals surface area contributed by atoms with Crippen LogP contribution in [0.1, 0.15) is 41.5 Å². The Hall–Kier alpha value is -0.0800. The normalized spacial score (nSPS) is 12.0. The van der Waals surface area contributed by atoms with E-state index in [4.69, 9.17) is 9.47 Å². The molecule has 0 aromatic carbocycles. The standard InChI is InChI=1S/C5H12O2.C5H12/c1-5(2,6-3)7-4;1-5(2,3)4/h1-4H3;1-4H3. The van der Waals surface area contributed by atoms with E-state index in [2.05, 4.69) is 27.7 Å². The highest BCUT2D eigenvalue weighted by Gasteiger charge is 2.11. The van der Waals surface area contributed by atoms with E-state index in [0.717, 1.165) is 0 Å². The zero-order valence-corrected chi connectivity index (χ0v) is 9.82. The van der Waals surface area contributed by atoms with Gasteiger partial charge >= 0.3 is 0 Å². The number of ether oxygens (including phenoxy) is 2. The van der Waals surface area contributed by atoms with Crippen molar-refractivity contribution in [2.75, 3.05) is 14.2 Å². The first-order valence-corrected chi connectivity index (χ1v) is 4.22. The first-order chi connectivity index (χ1) is 5.12. The summed E-state index contributed by atoms with van der Waals surface area (Å²) in [5.74, 6) is -0.417. The lowest BCUT2D eigenvalue weighted by atomic mass is 10.0. The summed E-state index contributed by atoms with van der Waals surface area (Å²) in [6.07, 6.45) is 0. The van der Waals surface area contributed by atoms with E-state index >= 15 is 0 Å². The van der Waals surface area contributed by atoms with Gasteiger partial charge in [0.2, 0.25) is 0 Å². The molecule has 0 N–H and O–H groups in total. The molecule has 2 heteroatoms.